The summed E-state index contributed by atoms with van der Waals surface area (Å²) in [5.41, 5.74) is 5.72. The Morgan fingerprint density at radius 1 is 0.562 bits per heavy atom. The van der Waals surface area contributed by atoms with Crippen LogP contribution in [0.2, 0.25) is 0 Å². The number of rotatable bonds is 18. The molecule has 2 aliphatic rings. The quantitative estimate of drug-likeness (QED) is 0.0522. The molecular formula is C58H65F2LiN2O8S2. The van der Waals surface area contributed by atoms with Gasteiger partial charge in [0, 0.05) is 23.6 Å². The molecule has 6 aromatic carbocycles. The van der Waals surface area contributed by atoms with E-state index in [1.165, 1.54) is 31.4 Å². The molecule has 4 N–H and O–H groups in total. The van der Waals surface area contributed by atoms with Crippen molar-refractivity contribution >= 4 is 47.3 Å². The molecule has 0 unspecified atom stereocenters. The third-order valence-electron chi connectivity index (χ3n) is 12.6. The van der Waals surface area contributed by atoms with E-state index in [1.807, 2.05) is 133 Å². The number of benzene rings is 6. The first kappa shape index (κ1) is 61.6. The SMILES string of the molecule is C.COC(=O)[C@@H]1C[C@H](SCCCc2ccc(F)cc2)CN1C(=O)C(c1ccccc1)c1ccccc1.O.O=C(O)[C@@H]1C[C@H](SCCCc2ccc(F)cc2)CN1C(=O)C(c1ccccc1)c1ccccc1.[Li+].[OH-]. The van der Waals surface area contributed by atoms with Crippen LogP contribution in [0.3, 0.4) is 0 Å². The standard InChI is InChI=1S/C29H30FNO3S.C28H28FNO3S.CH4.Li.2H2O/c1-34-29(33)26-19-25(35-18-8-9-21-14-16-24(30)17-15-21)20-31(26)28(32)27(22-10-4-2-5-11-22)23-12-6-3-7-13-23;29-23-15-13-20(14-16-23)8-7-17-34-24-18-25(28(32)33)30(19-24)27(31)26(21-9-3-1-4-10-21)22-11-5-2-6-12-22;;;;/h2-7,10-17,25-27H,8-9,18-20H2,1H3;1-6,9-16,24-26H,7-8,17-19H2,(H,32,33);1H4;;2*1H2/q;;;+1;;/p-1/t25-,26-;24-,25-;;;;/m00..../s1. The predicted octanol–water partition coefficient (Wildman–Crippen LogP) is 7.48. The number of amides is 2. The first-order valence-corrected chi connectivity index (χ1v) is 25.5. The molecule has 0 bridgehead atoms. The van der Waals surface area contributed by atoms with Gasteiger partial charge in [-0.2, -0.15) is 23.5 Å². The van der Waals surface area contributed by atoms with Crippen molar-refractivity contribution in [2.24, 2.45) is 0 Å². The van der Waals surface area contributed by atoms with Crippen LogP contribution in [-0.4, -0.2) is 104 Å². The first-order valence-electron chi connectivity index (χ1n) is 23.4. The number of hydrogen-bond donors (Lipinski definition) is 1. The van der Waals surface area contributed by atoms with Crippen molar-refractivity contribution in [2.75, 3.05) is 31.7 Å². The van der Waals surface area contributed by atoms with Gasteiger partial charge in [0.1, 0.15) is 23.7 Å². The zero-order valence-corrected chi connectivity index (χ0v) is 42.2. The number of carboxylic acid groups (broad SMARTS) is 1. The molecule has 0 saturated carbocycles. The fourth-order valence-electron chi connectivity index (χ4n) is 9.14. The molecule has 15 heteroatoms. The Hall–Kier alpha value is -5.72. The summed E-state index contributed by atoms with van der Waals surface area (Å²) >= 11 is 3.51. The van der Waals surface area contributed by atoms with Crippen molar-refractivity contribution in [3.05, 3.63) is 215 Å². The van der Waals surface area contributed by atoms with Crippen molar-refractivity contribution in [2.45, 2.75) is 80.4 Å². The van der Waals surface area contributed by atoms with Gasteiger partial charge >= 0.3 is 30.8 Å². The average molecular weight is 1030 g/mol. The zero-order chi connectivity index (χ0) is 48.5. The summed E-state index contributed by atoms with van der Waals surface area (Å²) in [6.45, 7) is 0.934. The van der Waals surface area contributed by atoms with Crippen LogP contribution in [0, 0.1) is 11.6 Å². The second-order valence-corrected chi connectivity index (χ2v) is 20.1. The first-order chi connectivity index (χ1) is 33.6. The number of carbonyl (C=O) groups is 4. The molecule has 0 radical (unpaired) electrons. The van der Waals surface area contributed by atoms with Crippen LogP contribution in [0.15, 0.2) is 170 Å². The van der Waals surface area contributed by atoms with E-state index in [2.05, 4.69) is 0 Å². The summed E-state index contributed by atoms with van der Waals surface area (Å²) < 4.78 is 31.3. The normalized spacial score (nSPS) is 16.7. The molecule has 0 aliphatic carbocycles. The van der Waals surface area contributed by atoms with Crippen molar-refractivity contribution in [3.63, 3.8) is 0 Å². The van der Waals surface area contributed by atoms with Crippen molar-refractivity contribution in [3.8, 4) is 0 Å². The van der Waals surface area contributed by atoms with Gasteiger partial charge in [0.15, 0.2) is 0 Å². The summed E-state index contributed by atoms with van der Waals surface area (Å²) in [6, 6.07) is 50.2. The zero-order valence-electron chi connectivity index (χ0n) is 40.6. The molecule has 2 aliphatic heterocycles. The topological polar surface area (TPSA) is 166 Å². The van der Waals surface area contributed by atoms with Gasteiger partial charge in [-0.1, -0.05) is 153 Å². The summed E-state index contributed by atoms with van der Waals surface area (Å²) in [6.07, 6.45) is 4.59. The Balaban J connectivity index is 0.000000365. The van der Waals surface area contributed by atoms with E-state index in [-0.39, 0.29) is 77.2 Å². The number of hydrogen-bond acceptors (Lipinski definition) is 8. The van der Waals surface area contributed by atoms with Crippen LogP contribution in [-0.2, 0) is 36.8 Å². The number of aliphatic carboxylic acids is 1. The molecule has 2 fully saturated rings. The van der Waals surface area contributed by atoms with E-state index in [0.717, 1.165) is 70.6 Å². The molecule has 0 aromatic heterocycles. The van der Waals surface area contributed by atoms with Gasteiger partial charge in [0.05, 0.1) is 18.9 Å². The Bertz CT molecular complexity index is 2490. The third-order valence-corrected chi connectivity index (χ3v) is 15.3. The van der Waals surface area contributed by atoms with E-state index in [4.69, 9.17) is 4.74 Å². The molecule has 8 rings (SSSR count). The van der Waals surface area contributed by atoms with Crippen LogP contribution in [0.25, 0.3) is 0 Å². The summed E-state index contributed by atoms with van der Waals surface area (Å²) in [4.78, 5) is 55.7. The van der Waals surface area contributed by atoms with Gasteiger partial charge in [-0.15, -0.1) is 0 Å². The number of aryl methyl sites for hydroxylation is 2. The van der Waals surface area contributed by atoms with E-state index < -0.39 is 29.9 Å². The number of carboxylic acids is 1. The minimum atomic E-state index is -0.956. The number of likely N-dealkylation sites (tertiary alicyclic amines) is 2. The second-order valence-electron chi connectivity index (χ2n) is 17.3. The van der Waals surface area contributed by atoms with Crippen LogP contribution in [0.1, 0.15) is 78.3 Å². The monoisotopic (exact) mass is 1030 g/mol. The molecule has 382 valence electrons. The Labute approximate surface area is 449 Å². The number of carbonyl (C=O) groups excluding carboxylic acids is 3. The van der Waals surface area contributed by atoms with Gasteiger partial charge in [-0.3, -0.25) is 9.59 Å². The molecule has 73 heavy (non-hydrogen) atoms. The Morgan fingerprint density at radius 3 is 1.19 bits per heavy atom. The maximum atomic E-state index is 13.9. The van der Waals surface area contributed by atoms with Gasteiger partial charge in [0.25, 0.3) is 0 Å². The molecular weight excluding hydrogens is 962 g/mol. The van der Waals surface area contributed by atoms with Crippen LogP contribution >= 0.6 is 23.5 Å². The fraction of sp³-hybridized carbons (Fsp3) is 0.310. The molecule has 0 spiro atoms. The maximum Gasteiger partial charge on any atom is 1.00 e. The minimum absolute atomic E-state index is 0. The predicted molar refractivity (Wildman–Crippen MR) is 284 cm³/mol. The molecule has 4 atom stereocenters. The van der Waals surface area contributed by atoms with Crippen molar-refractivity contribution in [1.82, 2.24) is 9.80 Å². The largest absolute Gasteiger partial charge is 1.00 e. The van der Waals surface area contributed by atoms with Crippen molar-refractivity contribution in [1.29, 1.82) is 0 Å². The molecule has 2 amide bonds. The van der Waals surface area contributed by atoms with Crippen LogP contribution in [0.4, 0.5) is 8.78 Å². The van der Waals surface area contributed by atoms with Gasteiger partial charge < -0.3 is 30.6 Å². The number of ether oxygens (including phenoxy) is 1. The van der Waals surface area contributed by atoms with Gasteiger partial charge in [-0.05, 0) is 108 Å². The Morgan fingerprint density at radius 2 is 0.877 bits per heavy atom. The summed E-state index contributed by atoms with van der Waals surface area (Å²) in [5, 5.41) is 10.1. The van der Waals surface area contributed by atoms with E-state index in [1.54, 1.807) is 45.5 Å². The van der Waals surface area contributed by atoms with Crippen LogP contribution < -0.4 is 18.9 Å². The number of halogens is 2. The molecule has 10 nitrogen and oxygen atoms in total. The van der Waals surface area contributed by atoms with E-state index in [0.29, 0.717) is 25.9 Å². The number of nitrogens with zero attached hydrogens (tertiary/aromatic N) is 2. The molecule has 2 saturated heterocycles. The molecule has 6 aromatic rings. The van der Waals surface area contributed by atoms with Gasteiger partial charge in [-0.25, -0.2) is 18.4 Å². The maximum absolute atomic E-state index is 13.9. The van der Waals surface area contributed by atoms with Gasteiger partial charge in [0.2, 0.25) is 11.8 Å². The third kappa shape index (κ3) is 17.2. The number of esters is 1. The summed E-state index contributed by atoms with van der Waals surface area (Å²) in [5.74, 6) is -1.29. The Kier molecular flexibility index (Phi) is 26.2. The average Bonchev–Trinajstić information content (AvgIpc) is 4.02. The molecule has 2 heterocycles. The van der Waals surface area contributed by atoms with E-state index >= 15 is 0 Å². The fourth-order valence-corrected chi connectivity index (χ4v) is 11.6. The second kappa shape index (κ2) is 31.1. The number of methoxy groups -OCH3 is 1. The van der Waals surface area contributed by atoms with Crippen molar-refractivity contribution < 1.29 is 67.6 Å². The number of thioether (sulfide) groups is 2. The van der Waals surface area contributed by atoms with E-state index in [9.17, 15) is 33.1 Å². The van der Waals surface area contributed by atoms with Crippen LogP contribution in [0.5, 0.6) is 0 Å². The minimum Gasteiger partial charge on any atom is -0.870 e. The smallest absolute Gasteiger partial charge is 0.870 e. The summed E-state index contributed by atoms with van der Waals surface area (Å²) in [7, 11) is 1.38.